The Kier molecular flexibility index (Phi) is 1.56. The van der Waals surface area contributed by atoms with Crippen molar-refractivity contribution in [3.8, 4) is 0 Å². The van der Waals surface area contributed by atoms with Crippen molar-refractivity contribution in [2.45, 2.75) is 6.42 Å². The Morgan fingerprint density at radius 1 is 1.75 bits per heavy atom. The van der Waals surface area contributed by atoms with E-state index in [0.717, 1.165) is 11.7 Å². The molecular formula is C5H7NOP+. The molecule has 0 aromatic rings. The molecule has 1 atom stereocenters. The van der Waals surface area contributed by atoms with Crippen LogP contribution in [0.4, 0.5) is 0 Å². The predicted molar refractivity (Wildman–Crippen MR) is 33.6 cm³/mol. The monoisotopic (exact) mass is 128 g/mol. The molecular weight excluding hydrogens is 121 g/mol. The van der Waals surface area contributed by atoms with Crippen LogP contribution in [0.25, 0.3) is 0 Å². The second-order valence-corrected chi connectivity index (χ2v) is 2.84. The Balaban J connectivity index is 2.64. The highest BCUT2D eigenvalue weighted by molar-refractivity contribution is 7.46. The second-order valence-electron chi connectivity index (χ2n) is 1.62. The third-order valence-corrected chi connectivity index (χ3v) is 1.93. The molecule has 1 aliphatic carbocycles. The molecule has 2 N–H and O–H groups in total. The number of nitrogens with two attached hydrogens (primary N) is 1. The van der Waals surface area contributed by atoms with E-state index in [2.05, 4.69) is 0 Å². The summed E-state index contributed by atoms with van der Waals surface area (Å²) in [6.45, 7) is 0. The smallest absolute Gasteiger partial charge is 0.117 e. The topological polar surface area (TPSA) is 43.1 Å². The van der Waals surface area contributed by atoms with Crippen LogP contribution in [0.15, 0.2) is 23.5 Å². The van der Waals surface area contributed by atoms with Crippen molar-refractivity contribution in [2.24, 2.45) is 5.50 Å². The fourth-order valence-corrected chi connectivity index (χ4v) is 1.12. The third-order valence-electron chi connectivity index (χ3n) is 1.03. The molecule has 42 valence electrons. The van der Waals surface area contributed by atoms with Crippen molar-refractivity contribution in [3.63, 3.8) is 0 Å². The van der Waals surface area contributed by atoms with Crippen molar-refractivity contribution in [1.82, 2.24) is 0 Å². The zero-order valence-corrected chi connectivity index (χ0v) is 5.27. The molecule has 0 saturated carbocycles. The summed E-state index contributed by atoms with van der Waals surface area (Å²) in [6.07, 6.45) is 6.38. The summed E-state index contributed by atoms with van der Waals surface area (Å²) in [4.78, 5) is 0. The van der Waals surface area contributed by atoms with E-state index in [-0.39, 0.29) is 0 Å². The molecule has 3 heteroatoms. The standard InChI is InChI=1S/C5H7NOP/c6-8(7)5-3-1-2-4-5/h1-3H,4H2,(H2,6,7)/q+1. The lowest BCUT2D eigenvalue weighted by Crippen LogP contribution is -1.78. The molecule has 0 heterocycles. The van der Waals surface area contributed by atoms with Crippen LogP contribution in [0.3, 0.4) is 0 Å². The van der Waals surface area contributed by atoms with E-state index in [9.17, 15) is 4.57 Å². The fraction of sp³-hybridized carbons (Fsp3) is 0.200. The second kappa shape index (κ2) is 2.21. The maximum absolute atomic E-state index is 10.5. The van der Waals surface area contributed by atoms with Gasteiger partial charge in [-0.1, -0.05) is 12.2 Å². The predicted octanol–water partition coefficient (Wildman–Crippen LogP) is 1.53. The van der Waals surface area contributed by atoms with Gasteiger partial charge < -0.3 is 0 Å². The maximum atomic E-state index is 10.5. The van der Waals surface area contributed by atoms with E-state index in [1.54, 1.807) is 6.08 Å². The summed E-state index contributed by atoms with van der Waals surface area (Å²) >= 11 is 0. The van der Waals surface area contributed by atoms with Gasteiger partial charge in [0.15, 0.2) is 5.31 Å². The Hall–Kier alpha value is -0.460. The van der Waals surface area contributed by atoms with E-state index in [0.29, 0.717) is 0 Å². The van der Waals surface area contributed by atoms with Crippen LogP contribution >= 0.6 is 7.95 Å². The van der Waals surface area contributed by atoms with Gasteiger partial charge in [-0.05, 0) is 10.6 Å². The third kappa shape index (κ3) is 1.03. The van der Waals surface area contributed by atoms with Crippen molar-refractivity contribution < 1.29 is 4.57 Å². The number of hydrogen-bond acceptors (Lipinski definition) is 1. The van der Waals surface area contributed by atoms with E-state index >= 15 is 0 Å². The summed E-state index contributed by atoms with van der Waals surface area (Å²) in [5.41, 5.74) is 5.10. The molecule has 0 amide bonds. The molecule has 0 aliphatic heterocycles. The van der Waals surface area contributed by atoms with Gasteiger partial charge in [0.25, 0.3) is 0 Å². The Morgan fingerprint density at radius 2 is 2.50 bits per heavy atom. The van der Waals surface area contributed by atoms with Gasteiger partial charge in [-0.2, -0.15) is 0 Å². The van der Waals surface area contributed by atoms with Crippen LogP contribution in [0.2, 0.25) is 0 Å². The first-order valence-corrected chi connectivity index (χ1v) is 3.71. The SMILES string of the molecule is N[P+](=O)C1=CC=CC1. The van der Waals surface area contributed by atoms with Gasteiger partial charge >= 0.3 is 7.95 Å². The molecule has 1 rings (SSSR count). The Bertz CT molecular complexity index is 171. The van der Waals surface area contributed by atoms with Crippen molar-refractivity contribution in [1.29, 1.82) is 0 Å². The molecule has 0 aromatic heterocycles. The van der Waals surface area contributed by atoms with Crippen LogP contribution < -0.4 is 5.50 Å². The lowest BCUT2D eigenvalue weighted by molar-refractivity contribution is 0.592. The molecule has 1 aliphatic rings. The Labute approximate surface area is 48.9 Å². The number of rotatable bonds is 1. The van der Waals surface area contributed by atoms with Crippen LogP contribution in [-0.2, 0) is 4.57 Å². The maximum Gasteiger partial charge on any atom is 0.464 e. The van der Waals surface area contributed by atoms with E-state index < -0.39 is 7.95 Å². The highest BCUT2D eigenvalue weighted by Crippen LogP contribution is 2.29. The zero-order chi connectivity index (χ0) is 5.98. The molecule has 1 unspecified atom stereocenters. The van der Waals surface area contributed by atoms with Crippen LogP contribution in [-0.4, -0.2) is 0 Å². The minimum absolute atomic E-state index is 0.770. The van der Waals surface area contributed by atoms with Crippen molar-refractivity contribution in [3.05, 3.63) is 23.5 Å². The van der Waals surface area contributed by atoms with Crippen molar-refractivity contribution >= 4 is 7.95 Å². The highest BCUT2D eigenvalue weighted by atomic mass is 31.1. The lowest BCUT2D eigenvalue weighted by Gasteiger charge is -1.73. The summed E-state index contributed by atoms with van der Waals surface area (Å²) in [7, 11) is -1.55. The quantitative estimate of drug-likeness (QED) is 0.544. The molecule has 2 nitrogen and oxygen atoms in total. The van der Waals surface area contributed by atoms with Gasteiger partial charge in [-0.25, -0.2) is 0 Å². The molecule has 0 radical (unpaired) electrons. The molecule has 0 aromatic carbocycles. The van der Waals surface area contributed by atoms with E-state index in [1.807, 2.05) is 12.2 Å². The van der Waals surface area contributed by atoms with Crippen LogP contribution in [0, 0.1) is 0 Å². The van der Waals surface area contributed by atoms with E-state index in [1.165, 1.54) is 0 Å². The normalized spacial score (nSPS) is 18.6. The molecule has 0 fully saturated rings. The molecule has 0 saturated heterocycles. The van der Waals surface area contributed by atoms with Crippen LogP contribution in [0.5, 0.6) is 0 Å². The molecule has 0 bridgehead atoms. The molecule has 0 spiro atoms. The van der Waals surface area contributed by atoms with Gasteiger partial charge in [-0.15, -0.1) is 5.50 Å². The first-order valence-electron chi connectivity index (χ1n) is 2.38. The highest BCUT2D eigenvalue weighted by Gasteiger charge is 2.17. The minimum atomic E-state index is -1.55. The first-order chi connectivity index (χ1) is 3.80. The number of allylic oxidation sites excluding steroid dienone is 4. The van der Waals surface area contributed by atoms with Crippen LogP contribution in [0.1, 0.15) is 6.42 Å². The van der Waals surface area contributed by atoms with E-state index in [4.69, 9.17) is 5.50 Å². The van der Waals surface area contributed by atoms with Gasteiger partial charge in [0, 0.05) is 6.42 Å². The fourth-order valence-electron chi connectivity index (χ4n) is 0.599. The summed E-state index contributed by atoms with van der Waals surface area (Å²) in [5, 5.41) is 0.847. The summed E-state index contributed by atoms with van der Waals surface area (Å²) < 4.78 is 10.5. The summed E-state index contributed by atoms with van der Waals surface area (Å²) in [6, 6.07) is 0. The first kappa shape index (κ1) is 5.67. The Morgan fingerprint density at radius 3 is 2.75 bits per heavy atom. The lowest BCUT2D eigenvalue weighted by atomic mass is 10.5. The van der Waals surface area contributed by atoms with Gasteiger partial charge in [0.05, 0.1) is 0 Å². The largest absolute Gasteiger partial charge is 0.464 e. The van der Waals surface area contributed by atoms with Gasteiger partial charge in [-0.3, -0.25) is 0 Å². The van der Waals surface area contributed by atoms with Crippen molar-refractivity contribution in [2.75, 3.05) is 0 Å². The average Bonchev–Trinajstić information content (AvgIpc) is 2.12. The minimum Gasteiger partial charge on any atom is -0.117 e. The summed E-state index contributed by atoms with van der Waals surface area (Å²) in [5.74, 6) is 0. The van der Waals surface area contributed by atoms with Gasteiger partial charge in [0.1, 0.15) is 0 Å². The number of hydrogen-bond donors (Lipinski definition) is 1. The molecule has 8 heavy (non-hydrogen) atoms. The van der Waals surface area contributed by atoms with Gasteiger partial charge in [0.2, 0.25) is 0 Å². The average molecular weight is 128 g/mol. The zero-order valence-electron chi connectivity index (χ0n) is 4.37.